The van der Waals surface area contributed by atoms with Crippen LogP contribution in [0.25, 0.3) is 0 Å². The second-order valence-corrected chi connectivity index (χ2v) is 11.2. The lowest BCUT2D eigenvalue weighted by molar-refractivity contribution is -0.130. The van der Waals surface area contributed by atoms with Gasteiger partial charge in [-0.1, -0.05) is 35.9 Å². The van der Waals surface area contributed by atoms with Gasteiger partial charge in [0.05, 0.1) is 21.6 Å². The minimum Gasteiger partial charge on any atom is -0.341 e. The first kappa shape index (κ1) is 21.8. The van der Waals surface area contributed by atoms with Crippen LogP contribution in [0.3, 0.4) is 0 Å². The highest BCUT2D eigenvalue weighted by Gasteiger charge is 2.32. The fourth-order valence-electron chi connectivity index (χ4n) is 3.20. The molecule has 0 saturated carbocycles. The van der Waals surface area contributed by atoms with Gasteiger partial charge in [-0.2, -0.15) is 0 Å². The zero-order valence-electron chi connectivity index (χ0n) is 15.5. The van der Waals surface area contributed by atoms with Crippen molar-refractivity contribution in [3.05, 3.63) is 59.6 Å². The summed E-state index contributed by atoms with van der Waals surface area (Å²) < 4.78 is 52.3. The molecule has 0 spiro atoms. The van der Waals surface area contributed by atoms with E-state index >= 15 is 0 Å². The summed E-state index contributed by atoms with van der Waals surface area (Å²) in [5.74, 6) is -0.397. The summed E-state index contributed by atoms with van der Waals surface area (Å²) in [6.07, 6.45) is 0.619. The summed E-state index contributed by atoms with van der Waals surface area (Å²) in [6, 6.07) is 14.0. The van der Waals surface area contributed by atoms with Crippen LogP contribution in [0, 0.1) is 0 Å². The summed E-state index contributed by atoms with van der Waals surface area (Å²) in [5, 5.41) is -0.280. The minimum atomic E-state index is -3.86. The topological polar surface area (TPSA) is 101 Å². The highest BCUT2D eigenvalue weighted by Crippen LogP contribution is 2.24. The smallest absolute Gasteiger partial charge is 0.241 e. The van der Waals surface area contributed by atoms with Crippen molar-refractivity contribution in [2.75, 3.05) is 19.6 Å². The van der Waals surface area contributed by atoms with E-state index in [-0.39, 0.29) is 27.9 Å². The van der Waals surface area contributed by atoms with E-state index in [9.17, 15) is 21.6 Å². The normalized spacial score (nSPS) is 16.0. The maximum absolute atomic E-state index is 12.7. The molecule has 1 heterocycles. The molecule has 1 amide bonds. The molecule has 1 N–H and O–H groups in total. The Morgan fingerprint density at radius 1 is 0.966 bits per heavy atom. The van der Waals surface area contributed by atoms with Gasteiger partial charge >= 0.3 is 0 Å². The second-order valence-electron chi connectivity index (χ2n) is 6.72. The fourth-order valence-corrected chi connectivity index (χ4v) is 6.23. The molecule has 0 bridgehead atoms. The fraction of sp³-hybridized carbons (Fsp3) is 0.316. The summed E-state index contributed by atoms with van der Waals surface area (Å²) in [7, 11) is -7.31. The molecule has 0 unspecified atom stereocenters. The van der Waals surface area contributed by atoms with Gasteiger partial charge in [0.25, 0.3) is 0 Å². The average Bonchev–Trinajstić information content (AvgIpc) is 2.73. The number of piperidine rings is 1. The van der Waals surface area contributed by atoms with E-state index in [1.54, 1.807) is 36.4 Å². The molecule has 1 fully saturated rings. The van der Waals surface area contributed by atoms with E-state index in [2.05, 4.69) is 4.72 Å². The lowest BCUT2D eigenvalue weighted by Crippen LogP contribution is -2.46. The summed E-state index contributed by atoms with van der Waals surface area (Å²) >= 11 is 5.81. The Labute approximate surface area is 175 Å². The van der Waals surface area contributed by atoms with Gasteiger partial charge in [-0.3, -0.25) is 4.79 Å². The van der Waals surface area contributed by atoms with Crippen molar-refractivity contribution >= 4 is 37.4 Å². The monoisotopic (exact) mass is 456 g/mol. The van der Waals surface area contributed by atoms with Crippen LogP contribution in [-0.4, -0.2) is 52.5 Å². The Hall–Kier alpha value is -1.94. The van der Waals surface area contributed by atoms with E-state index < -0.39 is 37.6 Å². The highest BCUT2D eigenvalue weighted by molar-refractivity contribution is 7.92. The van der Waals surface area contributed by atoms with Crippen LogP contribution >= 0.6 is 11.6 Å². The maximum atomic E-state index is 12.7. The van der Waals surface area contributed by atoms with Crippen molar-refractivity contribution in [3.63, 3.8) is 0 Å². The molecule has 0 radical (unpaired) electrons. The SMILES string of the molecule is O=C(CNS(=O)(=O)c1cccc(Cl)c1)N1CCC(S(=O)(=O)c2ccccc2)CC1. The Balaban J connectivity index is 1.57. The van der Waals surface area contributed by atoms with Crippen molar-refractivity contribution in [1.82, 2.24) is 9.62 Å². The molecule has 2 aromatic carbocycles. The number of nitrogens with one attached hydrogen (secondary N) is 1. The number of sulfone groups is 1. The molecule has 0 aliphatic carbocycles. The van der Waals surface area contributed by atoms with E-state index in [0.717, 1.165) is 0 Å². The van der Waals surface area contributed by atoms with Crippen LogP contribution in [0.5, 0.6) is 0 Å². The van der Waals surface area contributed by atoms with Gasteiger partial charge in [0.1, 0.15) is 0 Å². The van der Waals surface area contributed by atoms with Crippen LogP contribution in [0.1, 0.15) is 12.8 Å². The number of halogens is 1. The first-order valence-corrected chi connectivity index (χ1v) is 12.4. The zero-order valence-corrected chi connectivity index (χ0v) is 17.9. The molecule has 10 heteroatoms. The molecule has 3 rings (SSSR count). The first-order chi connectivity index (χ1) is 13.7. The highest BCUT2D eigenvalue weighted by atomic mass is 35.5. The van der Waals surface area contributed by atoms with Crippen LogP contribution in [0.4, 0.5) is 0 Å². The number of benzene rings is 2. The predicted octanol–water partition coefficient (Wildman–Crippen LogP) is 2.08. The number of nitrogens with zero attached hydrogens (tertiary/aromatic N) is 1. The molecule has 1 aliphatic rings. The van der Waals surface area contributed by atoms with Gasteiger partial charge in [0, 0.05) is 18.1 Å². The second kappa shape index (κ2) is 8.83. The Kier molecular flexibility index (Phi) is 6.62. The van der Waals surface area contributed by atoms with Gasteiger partial charge < -0.3 is 4.90 Å². The number of amides is 1. The third kappa shape index (κ3) is 5.16. The molecule has 0 atom stereocenters. The number of hydrogen-bond donors (Lipinski definition) is 1. The van der Waals surface area contributed by atoms with Crippen molar-refractivity contribution < 1.29 is 21.6 Å². The quantitative estimate of drug-likeness (QED) is 0.717. The number of rotatable bonds is 6. The zero-order chi connectivity index (χ0) is 21.1. The van der Waals surface area contributed by atoms with E-state index in [1.807, 2.05) is 0 Å². The summed E-state index contributed by atoms with van der Waals surface area (Å²) in [6.45, 7) is 0.119. The lowest BCUT2D eigenvalue weighted by atomic mass is 10.1. The van der Waals surface area contributed by atoms with Gasteiger partial charge in [-0.15, -0.1) is 0 Å². The van der Waals surface area contributed by atoms with Gasteiger partial charge in [0.15, 0.2) is 9.84 Å². The molecule has 29 heavy (non-hydrogen) atoms. The van der Waals surface area contributed by atoms with Crippen molar-refractivity contribution in [2.45, 2.75) is 27.9 Å². The van der Waals surface area contributed by atoms with Gasteiger partial charge in [0.2, 0.25) is 15.9 Å². The summed E-state index contributed by atoms with van der Waals surface area (Å²) in [5.41, 5.74) is 0. The predicted molar refractivity (Wildman–Crippen MR) is 110 cm³/mol. The van der Waals surface area contributed by atoms with E-state index in [1.165, 1.54) is 23.1 Å². The third-order valence-corrected chi connectivity index (χ3v) is 8.74. The van der Waals surface area contributed by atoms with Crippen molar-refractivity contribution in [1.29, 1.82) is 0 Å². The molecule has 0 aromatic heterocycles. The number of carbonyl (C=O) groups is 1. The molecule has 156 valence electrons. The van der Waals surface area contributed by atoms with E-state index in [0.29, 0.717) is 12.8 Å². The van der Waals surface area contributed by atoms with Crippen LogP contribution < -0.4 is 4.72 Å². The molecule has 2 aromatic rings. The average molecular weight is 457 g/mol. The first-order valence-electron chi connectivity index (χ1n) is 9.02. The van der Waals surface area contributed by atoms with E-state index in [4.69, 9.17) is 11.6 Å². The van der Waals surface area contributed by atoms with Crippen LogP contribution in [0.2, 0.25) is 5.02 Å². The molecule has 1 aliphatic heterocycles. The minimum absolute atomic E-state index is 0.0227. The Morgan fingerprint density at radius 3 is 2.21 bits per heavy atom. The standard InChI is InChI=1S/C19H21ClN2O5S2/c20-15-5-4-8-18(13-15)29(26,27)21-14-19(23)22-11-9-17(10-12-22)28(24,25)16-6-2-1-3-7-16/h1-8,13,17,21H,9-12,14H2. The van der Waals surface area contributed by atoms with Gasteiger partial charge in [-0.05, 0) is 43.2 Å². The third-order valence-electron chi connectivity index (χ3n) is 4.83. The number of likely N-dealkylation sites (tertiary alicyclic amines) is 1. The molecule has 7 nitrogen and oxygen atoms in total. The van der Waals surface area contributed by atoms with Crippen LogP contribution in [0.15, 0.2) is 64.4 Å². The van der Waals surface area contributed by atoms with Gasteiger partial charge in [-0.25, -0.2) is 21.6 Å². The number of carbonyl (C=O) groups excluding carboxylic acids is 1. The maximum Gasteiger partial charge on any atom is 0.241 e. The molecule has 1 saturated heterocycles. The molecular weight excluding hydrogens is 436 g/mol. The van der Waals surface area contributed by atoms with Crippen molar-refractivity contribution in [3.8, 4) is 0 Å². The largest absolute Gasteiger partial charge is 0.341 e. The Morgan fingerprint density at radius 2 is 1.59 bits per heavy atom. The number of sulfonamides is 1. The number of hydrogen-bond acceptors (Lipinski definition) is 5. The Bertz CT molecular complexity index is 1080. The molecular formula is C19H21ClN2O5S2. The van der Waals surface area contributed by atoms with Crippen LogP contribution in [-0.2, 0) is 24.7 Å². The van der Waals surface area contributed by atoms with Crippen molar-refractivity contribution in [2.24, 2.45) is 0 Å². The summed E-state index contributed by atoms with van der Waals surface area (Å²) in [4.78, 5) is 14.1. The lowest BCUT2D eigenvalue weighted by Gasteiger charge is -2.31.